The molecule has 0 saturated carbocycles. The van der Waals surface area contributed by atoms with Crippen LogP contribution in [0.2, 0.25) is 5.02 Å². The van der Waals surface area contributed by atoms with E-state index in [2.05, 4.69) is 0 Å². The molecule has 3 aromatic rings. The van der Waals surface area contributed by atoms with E-state index in [1.165, 1.54) is 25.2 Å². The largest absolute Gasteiger partial charge is 0.493 e. The Bertz CT molecular complexity index is 1190. The zero-order chi connectivity index (χ0) is 21.4. The van der Waals surface area contributed by atoms with Crippen LogP contribution in [0.1, 0.15) is 34.1 Å². The molecule has 1 aromatic heterocycles. The molecule has 30 heavy (non-hydrogen) atoms. The van der Waals surface area contributed by atoms with Crippen molar-refractivity contribution in [3.63, 3.8) is 0 Å². The summed E-state index contributed by atoms with van der Waals surface area (Å²) in [6.45, 7) is 0.141. The predicted molar refractivity (Wildman–Crippen MR) is 112 cm³/mol. The van der Waals surface area contributed by atoms with Gasteiger partial charge in [-0.3, -0.25) is 9.59 Å². The van der Waals surface area contributed by atoms with Gasteiger partial charge >= 0.3 is 0 Å². The van der Waals surface area contributed by atoms with Crippen molar-refractivity contribution < 1.29 is 23.8 Å². The van der Waals surface area contributed by atoms with Gasteiger partial charge in [0.2, 0.25) is 5.76 Å². The molecule has 1 atom stereocenters. The first kappa shape index (κ1) is 20.3. The number of aliphatic hydroxyl groups excluding tert-OH is 1. The second-order valence-corrected chi connectivity index (χ2v) is 7.31. The lowest BCUT2D eigenvalue weighted by Gasteiger charge is -2.26. The van der Waals surface area contributed by atoms with Crippen molar-refractivity contribution in [2.45, 2.75) is 12.5 Å². The Kier molecular flexibility index (Phi) is 5.40. The molecule has 156 valence electrons. The van der Waals surface area contributed by atoms with Crippen molar-refractivity contribution in [3.05, 3.63) is 68.5 Å². The van der Waals surface area contributed by atoms with Crippen molar-refractivity contribution >= 4 is 28.5 Å². The Hall–Kier alpha value is -3.03. The van der Waals surface area contributed by atoms with Crippen molar-refractivity contribution in [3.8, 4) is 11.5 Å². The van der Waals surface area contributed by atoms with Gasteiger partial charge in [0.1, 0.15) is 5.58 Å². The fourth-order valence-electron chi connectivity index (χ4n) is 3.91. The first-order valence-corrected chi connectivity index (χ1v) is 9.78. The van der Waals surface area contributed by atoms with Crippen LogP contribution in [0, 0.1) is 0 Å². The Balaban J connectivity index is 2.02. The second kappa shape index (κ2) is 8.01. The summed E-state index contributed by atoms with van der Waals surface area (Å²) in [7, 11) is 3.02. The van der Waals surface area contributed by atoms with Crippen molar-refractivity contribution in [1.82, 2.24) is 4.90 Å². The molecular formula is C22H20ClNO6. The molecule has 4 rings (SSSR count). The standard InChI is InChI=1S/C22H20ClNO6/c1-28-16-6-3-5-13(20(16)29-2)18-17-19(26)14-11-12(23)7-8-15(14)30-21(17)22(27)24(18)9-4-10-25/h3,5-8,11,18,25H,4,9-10H2,1-2H3. The highest BCUT2D eigenvalue weighted by Gasteiger charge is 2.43. The van der Waals surface area contributed by atoms with Crippen LogP contribution < -0.4 is 14.9 Å². The molecule has 0 bridgehead atoms. The van der Waals surface area contributed by atoms with Crippen LogP contribution >= 0.6 is 11.6 Å². The third kappa shape index (κ3) is 3.11. The van der Waals surface area contributed by atoms with E-state index >= 15 is 0 Å². The highest BCUT2D eigenvalue weighted by atomic mass is 35.5. The highest BCUT2D eigenvalue weighted by Crippen LogP contribution is 2.44. The molecule has 0 aliphatic carbocycles. The number of carbonyl (C=O) groups excluding carboxylic acids is 1. The number of benzene rings is 2. The Morgan fingerprint density at radius 3 is 2.67 bits per heavy atom. The van der Waals surface area contributed by atoms with E-state index in [-0.39, 0.29) is 35.5 Å². The predicted octanol–water partition coefficient (Wildman–Crippen LogP) is 3.39. The van der Waals surface area contributed by atoms with Gasteiger partial charge in [0.25, 0.3) is 5.91 Å². The van der Waals surface area contributed by atoms with Crippen LogP contribution in [0.25, 0.3) is 11.0 Å². The lowest BCUT2D eigenvalue weighted by molar-refractivity contribution is 0.0715. The minimum absolute atomic E-state index is 0.0114. The van der Waals surface area contributed by atoms with Gasteiger partial charge < -0.3 is 23.9 Å². The van der Waals surface area contributed by atoms with Crippen LogP contribution in [0.3, 0.4) is 0 Å². The summed E-state index contributed by atoms with van der Waals surface area (Å²) in [5.41, 5.74) is 0.773. The van der Waals surface area contributed by atoms with Crippen molar-refractivity contribution in [1.29, 1.82) is 0 Å². The number of aliphatic hydroxyl groups is 1. The smallest absolute Gasteiger partial charge is 0.290 e. The summed E-state index contributed by atoms with van der Waals surface area (Å²) < 4.78 is 16.8. The third-order valence-corrected chi connectivity index (χ3v) is 5.45. The molecular weight excluding hydrogens is 410 g/mol. The molecule has 2 heterocycles. The maximum atomic E-state index is 13.5. The maximum absolute atomic E-state index is 13.5. The average Bonchev–Trinajstić information content (AvgIpc) is 3.03. The van der Waals surface area contributed by atoms with Gasteiger partial charge in [-0.15, -0.1) is 0 Å². The van der Waals surface area contributed by atoms with Crippen LogP contribution in [0.15, 0.2) is 45.6 Å². The number of ether oxygens (including phenoxy) is 2. The summed E-state index contributed by atoms with van der Waals surface area (Å²) in [6.07, 6.45) is 0.349. The summed E-state index contributed by atoms with van der Waals surface area (Å²) in [6, 6.07) is 9.24. The number of fused-ring (bicyclic) bond motifs is 2. The molecule has 8 heteroatoms. The fourth-order valence-corrected chi connectivity index (χ4v) is 4.09. The lowest BCUT2D eigenvalue weighted by atomic mass is 9.97. The molecule has 1 aliphatic rings. The highest BCUT2D eigenvalue weighted by molar-refractivity contribution is 6.31. The van der Waals surface area contributed by atoms with Gasteiger partial charge in [-0.2, -0.15) is 0 Å². The van der Waals surface area contributed by atoms with Crippen molar-refractivity contribution in [2.75, 3.05) is 27.4 Å². The summed E-state index contributed by atoms with van der Waals surface area (Å²) in [4.78, 5) is 28.2. The van der Waals surface area contributed by atoms with Gasteiger partial charge in [-0.1, -0.05) is 23.7 Å². The zero-order valence-electron chi connectivity index (χ0n) is 16.5. The molecule has 1 aliphatic heterocycles. The van der Waals surface area contributed by atoms with E-state index in [0.29, 0.717) is 33.9 Å². The number of carbonyl (C=O) groups is 1. The van der Waals surface area contributed by atoms with E-state index in [4.69, 9.17) is 25.5 Å². The molecule has 0 radical (unpaired) electrons. The zero-order valence-corrected chi connectivity index (χ0v) is 17.2. The number of para-hydroxylation sites is 1. The quantitative estimate of drug-likeness (QED) is 0.646. The molecule has 7 nitrogen and oxygen atoms in total. The van der Waals surface area contributed by atoms with E-state index in [0.717, 1.165) is 0 Å². The Morgan fingerprint density at radius 2 is 1.97 bits per heavy atom. The lowest BCUT2D eigenvalue weighted by Crippen LogP contribution is -2.31. The van der Waals surface area contributed by atoms with Gasteiger partial charge in [-0.25, -0.2) is 0 Å². The topological polar surface area (TPSA) is 89.2 Å². The fraction of sp³-hybridized carbons (Fsp3) is 0.273. The van der Waals surface area contributed by atoms with E-state index in [1.807, 2.05) is 0 Å². The number of amides is 1. The number of nitrogens with zero attached hydrogens (tertiary/aromatic N) is 1. The van der Waals surface area contributed by atoms with Crippen molar-refractivity contribution in [2.24, 2.45) is 0 Å². The molecule has 0 spiro atoms. The van der Waals surface area contributed by atoms with Crippen LogP contribution in [-0.2, 0) is 0 Å². The van der Waals surface area contributed by atoms with Gasteiger partial charge in [0, 0.05) is 23.7 Å². The number of hydrogen-bond donors (Lipinski definition) is 1. The van der Waals surface area contributed by atoms with Gasteiger partial charge in [0.15, 0.2) is 16.9 Å². The summed E-state index contributed by atoms with van der Waals surface area (Å²) in [5, 5.41) is 10.0. The minimum atomic E-state index is -0.747. The second-order valence-electron chi connectivity index (χ2n) is 6.88. The normalized spacial score (nSPS) is 15.5. The van der Waals surface area contributed by atoms with Crippen LogP contribution in [0.5, 0.6) is 11.5 Å². The van der Waals surface area contributed by atoms with Crippen LogP contribution in [0.4, 0.5) is 0 Å². The molecule has 2 aromatic carbocycles. The SMILES string of the molecule is COc1cccc(C2c3c(oc4ccc(Cl)cc4c3=O)C(=O)N2CCCO)c1OC. The molecule has 1 unspecified atom stereocenters. The number of hydrogen-bond acceptors (Lipinski definition) is 6. The van der Waals surface area contributed by atoms with E-state index < -0.39 is 11.9 Å². The number of halogens is 1. The first-order chi connectivity index (χ1) is 14.5. The maximum Gasteiger partial charge on any atom is 0.290 e. The molecule has 1 N–H and O–H groups in total. The Labute approximate surface area is 177 Å². The monoisotopic (exact) mass is 429 g/mol. The van der Waals surface area contributed by atoms with Gasteiger partial charge in [-0.05, 0) is 30.7 Å². The third-order valence-electron chi connectivity index (χ3n) is 5.21. The molecule has 0 saturated heterocycles. The minimum Gasteiger partial charge on any atom is -0.493 e. The first-order valence-electron chi connectivity index (χ1n) is 9.40. The van der Waals surface area contributed by atoms with Crippen LogP contribution in [-0.4, -0.2) is 43.3 Å². The summed E-state index contributed by atoms with van der Waals surface area (Å²) >= 11 is 6.09. The average molecular weight is 430 g/mol. The Morgan fingerprint density at radius 1 is 1.17 bits per heavy atom. The van der Waals surface area contributed by atoms with Gasteiger partial charge in [0.05, 0.1) is 31.2 Å². The molecule has 0 fully saturated rings. The van der Waals surface area contributed by atoms with E-state index in [9.17, 15) is 14.7 Å². The van der Waals surface area contributed by atoms with E-state index in [1.54, 1.807) is 30.3 Å². The summed E-state index contributed by atoms with van der Waals surface area (Å²) in [5.74, 6) is 0.473. The molecule has 1 amide bonds. The number of methoxy groups -OCH3 is 2. The number of rotatable bonds is 6.